The van der Waals surface area contributed by atoms with Crippen molar-refractivity contribution in [1.82, 2.24) is 9.97 Å². The van der Waals surface area contributed by atoms with Gasteiger partial charge in [0.15, 0.2) is 0 Å². The van der Waals surface area contributed by atoms with Crippen molar-refractivity contribution in [3.05, 3.63) is 47.2 Å². The molecule has 0 aliphatic heterocycles. The molecule has 0 atom stereocenters. The topological polar surface area (TPSA) is 37.8 Å². The fourth-order valence-corrected chi connectivity index (χ4v) is 1.26. The molecule has 1 heterocycles. The Morgan fingerprint density at radius 3 is 2.11 bits per heavy atom. The van der Waals surface area contributed by atoms with Crippen LogP contribution in [-0.2, 0) is 0 Å². The van der Waals surface area contributed by atoms with Crippen LogP contribution in [0.4, 0.5) is 11.6 Å². The van der Waals surface area contributed by atoms with E-state index in [2.05, 4.69) is 15.3 Å². The van der Waals surface area contributed by atoms with Crippen LogP contribution in [0.3, 0.4) is 0 Å². The van der Waals surface area contributed by atoms with Crippen LogP contribution in [0.2, 0.25) is 5.15 Å². The van der Waals surface area contributed by atoms with Gasteiger partial charge in [-0.3, -0.25) is 0 Å². The summed E-state index contributed by atoms with van der Waals surface area (Å²) in [6, 6.07) is 9.72. The Morgan fingerprint density at radius 1 is 1.00 bits per heavy atom. The molecule has 19 heavy (non-hydrogen) atoms. The number of rotatable bonds is 2. The highest BCUT2D eigenvalue weighted by Crippen LogP contribution is 2.16. The lowest BCUT2D eigenvalue weighted by molar-refractivity contribution is 1.13. The average Bonchev–Trinajstić information content (AvgIpc) is 2.48. The number of nitrogens with zero attached hydrogens (tertiary/aromatic N) is 2. The van der Waals surface area contributed by atoms with Gasteiger partial charge in [-0.1, -0.05) is 57.5 Å². The molecular weight excluding hydrogens is 258 g/mol. The molecule has 2 rings (SSSR count). The largest absolute Gasteiger partial charge is 0.324 e. The number of hydrogen-bond donors (Lipinski definition) is 1. The van der Waals surface area contributed by atoms with Crippen molar-refractivity contribution in [2.45, 2.75) is 34.6 Å². The van der Waals surface area contributed by atoms with Crippen LogP contribution in [0.15, 0.2) is 36.5 Å². The fraction of sp³-hybridized carbons (Fsp3) is 0.333. The molecule has 0 aliphatic carbocycles. The molecule has 0 fully saturated rings. The summed E-state index contributed by atoms with van der Waals surface area (Å²) in [5.41, 5.74) is 1.81. The maximum Gasteiger partial charge on any atom is 0.228 e. The first-order valence-corrected chi connectivity index (χ1v) is 6.95. The van der Waals surface area contributed by atoms with E-state index in [1.54, 1.807) is 6.20 Å². The van der Waals surface area contributed by atoms with Gasteiger partial charge in [0, 0.05) is 17.4 Å². The molecule has 0 radical (unpaired) electrons. The molecule has 0 amide bonds. The first-order valence-electron chi connectivity index (χ1n) is 6.57. The SMILES string of the molecule is CC.CC.Cc1cnc(Nc2ccccc2)nc1Cl. The second-order valence-corrected chi connectivity index (χ2v) is 3.52. The molecular formula is C15H22ClN3. The molecule has 0 saturated carbocycles. The van der Waals surface area contributed by atoms with Crippen molar-refractivity contribution in [3.63, 3.8) is 0 Å². The zero-order valence-corrected chi connectivity index (χ0v) is 13.0. The van der Waals surface area contributed by atoms with E-state index >= 15 is 0 Å². The monoisotopic (exact) mass is 279 g/mol. The van der Waals surface area contributed by atoms with Gasteiger partial charge < -0.3 is 5.32 Å². The summed E-state index contributed by atoms with van der Waals surface area (Å²) in [4.78, 5) is 8.24. The predicted octanol–water partition coefficient (Wildman–Crippen LogP) is 5.23. The maximum absolute atomic E-state index is 5.89. The molecule has 4 heteroatoms. The molecule has 2 aromatic rings. The van der Waals surface area contributed by atoms with E-state index in [0.717, 1.165) is 11.3 Å². The third-order valence-corrected chi connectivity index (χ3v) is 2.32. The highest BCUT2D eigenvalue weighted by atomic mass is 35.5. The normalized spacial score (nSPS) is 8.53. The number of aromatic nitrogens is 2. The zero-order valence-electron chi connectivity index (χ0n) is 12.2. The lowest BCUT2D eigenvalue weighted by atomic mass is 10.3. The number of halogens is 1. The summed E-state index contributed by atoms with van der Waals surface area (Å²) >= 11 is 5.89. The van der Waals surface area contributed by atoms with Crippen LogP contribution in [0, 0.1) is 6.92 Å². The van der Waals surface area contributed by atoms with Gasteiger partial charge in [-0.15, -0.1) is 0 Å². The lowest BCUT2D eigenvalue weighted by Crippen LogP contribution is -1.97. The number of anilines is 2. The Morgan fingerprint density at radius 2 is 1.58 bits per heavy atom. The van der Waals surface area contributed by atoms with Crippen LogP contribution in [-0.4, -0.2) is 9.97 Å². The zero-order chi connectivity index (χ0) is 14.7. The molecule has 0 unspecified atom stereocenters. The smallest absolute Gasteiger partial charge is 0.228 e. The van der Waals surface area contributed by atoms with E-state index in [1.807, 2.05) is 65.0 Å². The molecule has 104 valence electrons. The molecule has 0 saturated heterocycles. The van der Waals surface area contributed by atoms with Gasteiger partial charge in [0.25, 0.3) is 0 Å². The standard InChI is InChI=1S/C11H10ClN3.2C2H6/c1-8-7-13-11(15-10(8)12)14-9-5-3-2-4-6-9;2*1-2/h2-7H,1H3,(H,13,14,15);2*1-2H3. The van der Waals surface area contributed by atoms with Crippen LogP contribution in [0.5, 0.6) is 0 Å². The van der Waals surface area contributed by atoms with Gasteiger partial charge in [0.05, 0.1) is 0 Å². The number of nitrogens with one attached hydrogen (secondary N) is 1. The summed E-state index contributed by atoms with van der Waals surface area (Å²) < 4.78 is 0. The summed E-state index contributed by atoms with van der Waals surface area (Å²) in [7, 11) is 0. The van der Waals surface area contributed by atoms with E-state index in [1.165, 1.54) is 0 Å². The summed E-state index contributed by atoms with van der Waals surface area (Å²) in [6.07, 6.45) is 1.70. The van der Waals surface area contributed by atoms with Gasteiger partial charge in [-0.25, -0.2) is 9.97 Å². The van der Waals surface area contributed by atoms with Crippen molar-refractivity contribution in [1.29, 1.82) is 0 Å². The summed E-state index contributed by atoms with van der Waals surface area (Å²) in [5, 5.41) is 3.54. The Balaban J connectivity index is 0.000000741. The van der Waals surface area contributed by atoms with Gasteiger partial charge in [-0.05, 0) is 19.1 Å². The molecule has 0 aliphatic rings. The van der Waals surface area contributed by atoms with E-state index in [9.17, 15) is 0 Å². The minimum atomic E-state index is 0.475. The van der Waals surface area contributed by atoms with Crippen molar-refractivity contribution in [2.75, 3.05) is 5.32 Å². The van der Waals surface area contributed by atoms with Gasteiger partial charge in [0.1, 0.15) is 5.15 Å². The Hall–Kier alpha value is -1.61. The van der Waals surface area contributed by atoms with Crippen molar-refractivity contribution in [3.8, 4) is 0 Å². The van der Waals surface area contributed by atoms with Crippen LogP contribution < -0.4 is 5.32 Å². The molecule has 1 aromatic carbocycles. The average molecular weight is 280 g/mol. The predicted molar refractivity (Wildman–Crippen MR) is 84.2 cm³/mol. The Kier molecular flexibility index (Phi) is 9.45. The van der Waals surface area contributed by atoms with Crippen LogP contribution in [0.1, 0.15) is 33.3 Å². The lowest BCUT2D eigenvalue weighted by Gasteiger charge is -2.04. The van der Waals surface area contributed by atoms with Gasteiger partial charge >= 0.3 is 0 Å². The molecule has 1 N–H and O–H groups in total. The number of hydrogen-bond acceptors (Lipinski definition) is 3. The number of benzene rings is 1. The third kappa shape index (κ3) is 6.20. The third-order valence-electron chi connectivity index (χ3n) is 1.94. The minimum Gasteiger partial charge on any atom is -0.324 e. The maximum atomic E-state index is 5.89. The van der Waals surface area contributed by atoms with Crippen molar-refractivity contribution < 1.29 is 0 Å². The summed E-state index contributed by atoms with van der Waals surface area (Å²) in [6.45, 7) is 9.87. The van der Waals surface area contributed by atoms with Crippen LogP contribution in [0.25, 0.3) is 0 Å². The van der Waals surface area contributed by atoms with E-state index in [0.29, 0.717) is 11.1 Å². The van der Waals surface area contributed by atoms with Crippen molar-refractivity contribution >= 4 is 23.2 Å². The Labute approximate surface area is 121 Å². The van der Waals surface area contributed by atoms with Gasteiger partial charge in [-0.2, -0.15) is 0 Å². The molecule has 3 nitrogen and oxygen atoms in total. The minimum absolute atomic E-state index is 0.475. The van der Waals surface area contributed by atoms with E-state index < -0.39 is 0 Å². The number of para-hydroxylation sites is 1. The van der Waals surface area contributed by atoms with Gasteiger partial charge in [0.2, 0.25) is 5.95 Å². The second kappa shape index (κ2) is 10.3. The highest BCUT2D eigenvalue weighted by molar-refractivity contribution is 6.30. The molecule has 0 bridgehead atoms. The van der Waals surface area contributed by atoms with Crippen LogP contribution >= 0.6 is 11.6 Å². The second-order valence-electron chi connectivity index (χ2n) is 3.16. The first kappa shape index (κ1) is 17.4. The Bertz CT molecular complexity index is 458. The number of aryl methyl sites for hydroxylation is 1. The van der Waals surface area contributed by atoms with Crippen molar-refractivity contribution in [2.24, 2.45) is 0 Å². The quantitative estimate of drug-likeness (QED) is 0.765. The summed E-state index contributed by atoms with van der Waals surface area (Å²) in [5.74, 6) is 0.511. The highest BCUT2D eigenvalue weighted by Gasteiger charge is 2.00. The molecule has 0 spiro atoms. The van der Waals surface area contributed by atoms with E-state index in [-0.39, 0.29) is 0 Å². The van der Waals surface area contributed by atoms with E-state index in [4.69, 9.17) is 11.6 Å². The fourth-order valence-electron chi connectivity index (χ4n) is 1.13. The molecule has 1 aromatic heterocycles. The first-order chi connectivity index (χ1) is 9.25.